The van der Waals surface area contributed by atoms with Gasteiger partial charge in [0.1, 0.15) is 5.82 Å². The molecule has 21 heavy (non-hydrogen) atoms. The van der Waals surface area contributed by atoms with Gasteiger partial charge in [0, 0.05) is 13.1 Å². The highest BCUT2D eigenvalue weighted by molar-refractivity contribution is 7.89. The molecule has 0 radical (unpaired) electrons. The maximum absolute atomic E-state index is 13.1. The van der Waals surface area contributed by atoms with Crippen LogP contribution in [0.2, 0.25) is 0 Å². The van der Waals surface area contributed by atoms with E-state index in [4.69, 9.17) is 0 Å². The van der Waals surface area contributed by atoms with Crippen LogP contribution in [0.25, 0.3) is 0 Å². The van der Waals surface area contributed by atoms with Crippen molar-refractivity contribution in [1.82, 2.24) is 4.31 Å². The van der Waals surface area contributed by atoms with Crippen LogP contribution in [0.15, 0.2) is 23.1 Å². The van der Waals surface area contributed by atoms with Gasteiger partial charge < -0.3 is 5.11 Å². The molecule has 9 heteroatoms. The summed E-state index contributed by atoms with van der Waals surface area (Å²) in [7, 11) is -4.09. The van der Waals surface area contributed by atoms with Gasteiger partial charge in [0.2, 0.25) is 10.0 Å². The molecule has 7 nitrogen and oxygen atoms in total. The Balaban J connectivity index is 2.39. The number of hydrogen-bond donors (Lipinski definition) is 1. The van der Waals surface area contributed by atoms with Crippen LogP contribution in [-0.2, 0) is 10.0 Å². The molecule has 1 aliphatic heterocycles. The highest BCUT2D eigenvalue weighted by Crippen LogP contribution is 2.31. The number of hydrogen-bond acceptors (Lipinski definition) is 5. The first-order valence-corrected chi connectivity index (χ1v) is 7.74. The average molecular weight is 318 g/mol. The lowest BCUT2D eigenvalue weighted by Gasteiger charge is -2.34. The quantitative estimate of drug-likeness (QED) is 0.668. The first-order valence-electron chi connectivity index (χ1n) is 6.30. The van der Waals surface area contributed by atoms with E-state index in [2.05, 4.69) is 0 Å². The molecule has 1 aromatic carbocycles. The molecule has 0 atom stereocenters. The van der Waals surface area contributed by atoms with Gasteiger partial charge in [-0.15, -0.1) is 0 Å². The lowest BCUT2D eigenvalue weighted by Crippen LogP contribution is -2.45. The van der Waals surface area contributed by atoms with E-state index in [9.17, 15) is 28.0 Å². The smallest absolute Gasteiger partial charge is 0.292 e. The van der Waals surface area contributed by atoms with Gasteiger partial charge in [-0.1, -0.05) is 0 Å². The third-order valence-electron chi connectivity index (χ3n) is 3.54. The molecule has 1 aromatic rings. The fourth-order valence-electron chi connectivity index (χ4n) is 2.20. The second-order valence-corrected chi connectivity index (χ2v) is 7.18. The van der Waals surface area contributed by atoms with E-state index in [0.717, 1.165) is 16.4 Å². The highest BCUT2D eigenvalue weighted by atomic mass is 32.2. The Morgan fingerprint density at radius 2 is 1.95 bits per heavy atom. The molecule has 0 aliphatic carbocycles. The lowest BCUT2D eigenvalue weighted by molar-refractivity contribution is -0.388. The summed E-state index contributed by atoms with van der Waals surface area (Å²) in [6.45, 7) is 1.73. The van der Waals surface area contributed by atoms with Gasteiger partial charge >= 0.3 is 0 Å². The minimum Gasteiger partial charge on any atom is -0.390 e. The van der Waals surface area contributed by atoms with Gasteiger partial charge in [-0.25, -0.2) is 12.8 Å². The van der Waals surface area contributed by atoms with Crippen molar-refractivity contribution in [3.05, 3.63) is 34.1 Å². The number of sulfonamides is 1. The SMILES string of the molecule is CC1(O)CCN(S(=O)(=O)c2ccc(F)cc2[N+](=O)[O-])CC1. The molecule has 0 bridgehead atoms. The molecular formula is C12H15FN2O5S. The molecule has 0 spiro atoms. The maximum atomic E-state index is 13.1. The molecular weight excluding hydrogens is 303 g/mol. The summed E-state index contributed by atoms with van der Waals surface area (Å²) in [6.07, 6.45) is 0.475. The number of benzene rings is 1. The van der Waals surface area contributed by atoms with E-state index < -0.39 is 36.9 Å². The summed E-state index contributed by atoms with van der Waals surface area (Å²) in [5.74, 6) is -0.873. The standard InChI is InChI=1S/C12H15FN2O5S/c1-12(16)4-6-14(7-5-12)21(19,20)11-3-2-9(13)8-10(11)15(17)18/h2-3,8,16H,4-7H2,1H3. The minimum absolute atomic E-state index is 0.0594. The van der Waals surface area contributed by atoms with E-state index in [1.54, 1.807) is 6.92 Å². The molecule has 0 aromatic heterocycles. The van der Waals surface area contributed by atoms with Crippen LogP contribution in [-0.4, -0.2) is 41.4 Å². The third kappa shape index (κ3) is 3.20. The molecule has 0 saturated carbocycles. The van der Waals surface area contributed by atoms with E-state index in [1.165, 1.54) is 0 Å². The molecule has 1 N–H and O–H groups in total. The zero-order valence-electron chi connectivity index (χ0n) is 11.3. The third-order valence-corrected chi connectivity index (χ3v) is 5.48. The molecule has 1 fully saturated rings. The number of halogens is 1. The van der Waals surface area contributed by atoms with E-state index in [-0.39, 0.29) is 25.9 Å². The Morgan fingerprint density at radius 3 is 2.48 bits per heavy atom. The van der Waals surface area contributed by atoms with E-state index >= 15 is 0 Å². The zero-order valence-corrected chi connectivity index (χ0v) is 12.1. The van der Waals surface area contributed by atoms with Gasteiger partial charge in [-0.2, -0.15) is 4.31 Å². The molecule has 1 heterocycles. The Bertz CT molecular complexity index is 664. The molecule has 0 unspecified atom stereocenters. The Kier molecular flexibility index (Phi) is 4.00. The summed E-state index contributed by atoms with van der Waals surface area (Å²) < 4.78 is 39.1. The van der Waals surface area contributed by atoms with Crippen molar-refractivity contribution >= 4 is 15.7 Å². The van der Waals surface area contributed by atoms with Crippen LogP contribution < -0.4 is 0 Å². The zero-order chi connectivity index (χ0) is 15.8. The number of aliphatic hydroxyl groups is 1. The second-order valence-electron chi connectivity index (χ2n) is 5.27. The summed E-state index contributed by atoms with van der Waals surface area (Å²) >= 11 is 0. The van der Waals surface area contributed by atoms with Crippen LogP contribution in [0.1, 0.15) is 19.8 Å². The first-order chi connectivity index (χ1) is 9.63. The summed E-state index contributed by atoms with van der Waals surface area (Å²) in [5, 5.41) is 20.8. The monoisotopic (exact) mass is 318 g/mol. The number of piperidine rings is 1. The van der Waals surface area contributed by atoms with Gasteiger partial charge in [-0.05, 0) is 31.9 Å². The van der Waals surface area contributed by atoms with Crippen molar-refractivity contribution in [3.8, 4) is 0 Å². The number of rotatable bonds is 3. The molecule has 2 rings (SSSR count). The minimum atomic E-state index is -4.09. The molecule has 1 saturated heterocycles. The molecule has 0 amide bonds. The van der Waals surface area contributed by atoms with E-state index in [1.807, 2.05) is 0 Å². The predicted molar refractivity (Wildman–Crippen MR) is 71.7 cm³/mol. The Labute approximate surface area is 121 Å². The summed E-state index contributed by atoms with van der Waals surface area (Å²) in [5.41, 5.74) is -1.73. The van der Waals surface area contributed by atoms with Gasteiger partial charge in [-0.3, -0.25) is 10.1 Å². The van der Waals surface area contributed by atoms with Gasteiger partial charge in [0.25, 0.3) is 5.69 Å². The fraction of sp³-hybridized carbons (Fsp3) is 0.500. The topological polar surface area (TPSA) is 101 Å². The Morgan fingerprint density at radius 1 is 1.38 bits per heavy atom. The fourth-order valence-corrected chi connectivity index (χ4v) is 3.78. The second kappa shape index (κ2) is 5.32. The van der Waals surface area contributed by atoms with Crippen molar-refractivity contribution in [2.24, 2.45) is 0 Å². The average Bonchev–Trinajstić information content (AvgIpc) is 2.37. The lowest BCUT2D eigenvalue weighted by atomic mass is 9.95. The van der Waals surface area contributed by atoms with Crippen molar-refractivity contribution in [1.29, 1.82) is 0 Å². The maximum Gasteiger partial charge on any atom is 0.292 e. The highest BCUT2D eigenvalue weighted by Gasteiger charge is 2.37. The normalized spacial score (nSPS) is 19.4. The summed E-state index contributed by atoms with van der Waals surface area (Å²) in [4.78, 5) is 9.47. The van der Waals surface area contributed by atoms with Gasteiger partial charge in [0.05, 0.1) is 16.6 Å². The Hall–Kier alpha value is -1.58. The van der Waals surface area contributed by atoms with E-state index in [0.29, 0.717) is 6.07 Å². The van der Waals surface area contributed by atoms with Crippen molar-refractivity contribution in [2.45, 2.75) is 30.3 Å². The number of nitrogens with zero attached hydrogens (tertiary/aromatic N) is 2. The van der Waals surface area contributed by atoms with Crippen LogP contribution in [0, 0.1) is 15.9 Å². The number of nitro groups is 1. The number of nitro benzene ring substituents is 1. The largest absolute Gasteiger partial charge is 0.390 e. The van der Waals surface area contributed by atoms with Crippen LogP contribution in [0.4, 0.5) is 10.1 Å². The van der Waals surface area contributed by atoms with Crippen LogP contribution in [0.5, 0.6) is 0 Å². The van der Waals surface area contributed by atoms with Crippen molar-refractivity contribution in [3.63, 3.8) is 0 Å². The van der Waals surface area contributed by atoms with Gasteiger partial charge in [0.15, 0.2) is 4.90 Å². The van der Waals surface area contributed by atoms with Crippen molar-refractivity contribution in [2.75, 3.05) is 13.1 Å². The van der Waals surface area contributed by atoms with Crippen LogP contribution in [0.3, 0.4) is 0 Å². The molecule has 1 aliphatic rings. The first kappa shape index (κ1) is 15.8. The molecule has 116 valence electrons. The van der Waals surface area contributed by atoms with Crippen LogP contribution >= 0.6 is 0 Å². The van der Waals surface area contributed by atoms with Crippen molar-refractivity contribution < 1.29 is 22.8 Å². The summed E-state index contributed by atoms with van der Waals surface area (Å²) in [6, 6.07) is 2.36. The predicted octanol–water partition coefficient (Wildman–Crippen LogP) is 1.27.